The first-order chi connectivity index (χ1) is 19.5. The van der Waals surface area contributed by atoms with Crippen LogP contribution in [0.3, 0.4) is 0 Å². The molecule has 41 heavy (non-hydrogen) atoms. The Kier molecular flexibility index (Phi) is 47.7. The molecule has 0 aromatic rings. The molecular weight excluding hydrogens is 669 g/mol. The first kappa shape index (κ1) is 45.9. The van der Waals surface area contributed by atoms with Gasteiger partial charge >= 0.3 is 46.9 Å². The van der Waals surface area contributed by atoms with Crippen molar-refractivity contribution in [2.75, 3.05) is 0 Å². The first-order valence-corrected chi connectivity index (χ1v) is 17.9. The summed E-state index contributed by atoms with van der Waals surface area (Å²) in [4.78, 5) is 20.4. The van der Waals surface area contributed by atoms with Crippen molar-refractivity contribution >= 4 is 11.9 Å². The predicted octanol–water partition coefficient (Wildman–Crippen LogP) is 10.00. The van der Waals surface area contributed by atoms with Crippen molar-refractivity contribution in [1.82, 2.24) is 0 Å². The number of unbranched alkanes of at least 4 members (excludes halogenated alkanes) is 28. The van der Waals surface area contributed by atoms with Gasteiger partial charge in [0, 0.05) is 11.9 Å². The maximum absolute atomic E-state index is 10.2. The average molecular weight is 740 g/mol. The summed E-state index contributed by atoms with van der Waals surface area (Å²) < 4.78 is 0. The molecule has 5 heteroatoms. The van der Waals surface area contributed by atoms with Crippen LogP contribution < -0.4 is 10.2 Å². The fourth-order valence-corrected chi connectivity index (χ4v) is 5.28. The Morgan fingerprint density at radius 2 is 0.463 bits per heavy atom. The maximum atomic E-state index is 10.2. The molecule has 0 aromatic carbocycles. The maximum Gasteiger partial charge on any atom is 2.00 e. The van der Waals surface area contributed by atoms with Crippen molar-refractivity contribution in [3.05, 3.63) is 0 Å². The van der Waals surface area contributed by atoms with Gasteiger partial charge in [-0.25, -0.2) is 0 Å². The Labute approximate surface area is 295 Å². The molecule has 0 heterocycles. The number of hydrogen-bond acceptors (Lipinski definition) is 4. The molecule has 0 aliphatic heterocycles. The molecule has 0 amide bonds. The quantitative estimate of drug-likeness (QED) is 0.0644. The van der Waals surface area contributed by atoms with Crippen LogP contribution in [0.25, 0.3) is 0 Å². The van der Waals surface area contributed by atoms with Gasteiger partial charge in [-0.3, -0.25) is 0 Å². The van der Waals surface area contributed by atoms with Crippen LogP contribution in [0.15, 0.2) is 0 Å². The zero-order valence-electron chi connectivity index (χ0n) is 27.5. The molecule has 0 fully saturated rings. The number of carbonyl (C=O) groups excluding carboxylic acids is 2. The molecule has 0 aliphatic rings. The van der Waals surface area contributed by atoms with Gasteiger partial charge in [0.2, 0.25) is 0 Å². The second-order valence-corrected chi connectivity index (χ2v) is 12.1. The first-order valence-electron chi connectivity index (χ1n) is 17.9. The van der Waals surface area contributed by atoms with Crippen LogP contribution in [0.1, 0.15) is 219 Å². The summed E-state index contributed by atoms with van der Waals surface area (Å²) in [5, 5.41) is 20.4. The van der Waals surface area contributed by atoms with E-state index >= 15 is 0 Å². The molecule has 0 atom stereocenters. The fourth-order valence-electron chi connectivity index (χ4n) is 5.28. The number of carboxylic acids is 2. The second-order valence-electron chi connectivity index (χ2n) is 12.1. The van der Waals surface area contributed by atoms with E-state index in [1.165, 1.54) is 167 Å². The van der Waals surface area contributed by atoms with Crippen LogP contribution in [0, 0.1) is 46.9 Å². The summed E-state index contributed by atoms with van der Waals surface area (Å²) in [7, 11) is 0. The zero-order valence-corrected chi connectivity index (χ0v) is 29.2. The largest absolute Gasteiger partial charge is 2.00 e. The van der Waals surface area contributed by atoms with Gasteiger partial charge in [-0.2, -0.15) is 0 Å². The van der Waals surface area contributed by atoms with E-state index in [9.17, 15) is 19.8 Å². The van der Waals surface area contributed by atoms with Crippen molar-refractivity contribution < 1.29 is 66.7 Å². The summed E-state index contributed by atoms with van der Waals surface area (Å²) in [6.07, 6.45) is 39.7. The van der Waals surface area contributed by atoms with Crippen molar-refractivity contribution in [2.24, 2.45) is 0 Å². The third-order valence-corrected chi connectivity index (χ3v) is 7.97. The van der Waals surface area contributed by atoms with Gasteiger partial charge in [0.15, 0.2) is 0 Å². The van der Waals surface area contributed by atoms with E-state index in [2.05, 4.69) is 13.8 Å². The third-order valence-electron chi connectivity index (χ3n) is 7.97. The fraction of sp³-hybridized carbons (Fsp3) is 0.944. The number of carboxylic acid groups (broad SMARTS) is 2. The van der Waals surface area contributed by atoms with Crippen molar-refractivity contribution in [3.63, 3.8) is 0 Å². The molecule has 4 nitrogen and oxygen atoms in total. The molecule has 0 rings (SSSR count). The number of hydrogen-bond donors (Lipinski definition) is 0. The monoisotopic (exact) mass is 740 g/mol. The third kappa shape index (κ3) is 50.4. The Morgan fingerprint density at radius 3 is 0.610 bits per heavy atom. The van der Waals surface area contributed by atoms with Gasteiger partial charge in [-0.05, 0) is 25.7 Å². The minimum absolute atomic E-state index is 0. The molecule has 0 aromatic heterocycles. The molecule has 0 N–H and O–H groups in total. The zero-order chi connectivity index (χ0) is 29.8. The molecule has 252 valence electrons. The van der Waals surface area contributed by atoms with E-state index in [0.717, 1.165) is 25.7 Å². The SMILES string of the molecule is CCCCCCCCCCCCCCCCCC(=O)[O-].CCCCCCCCCCCCCCCCCC(=O)[O-].[Yb+2]. The van der Waals surface area contributed by atoms with E-state index in [1.807, 2.05) is 0 Å². The van der Waals surface area contributed by atoms with Crippen LogP contribution in [0.4, 0.5) is 0 Å². The molecule has 0 aliphatic carbocycles. The van der Waals surface area contributed by atoms with E-state index in [4.69, 9.17) is 0 Å². The number of carbonyl (C=O) groups is 2. The van der Waals surface area contributed by atoms with E-state index in [-0.39, 0.29) is 59.8 Å². The van der Waals surface area contributed by atoms with E-state index in [1.54, 1.807) is 0 Å². The minimum Gasteiger partial charge on any atom is -0.550 e. The van der Waals surface area contributed by atoms with E-state index < -0.39 is 11.9 Å². The molecular formula is C36H70O4Yb. The van der Waals surface area contributed by atoms with Crippen molar-refractivity contribution in [2.45, 2.75) is 219 Å². The van der Waals surface area contributed by atoms with Gasteiger partial charge in [-0.15, -0.1) is 0 Å². The van der Waals surface area contributed by atoms with Gasteiger partial charge in [0.25, 0.3) is 0 Å². The second kappa shape index (κ2) is 42.6. The summed E-state index contributed by atoms with van der Waals surface area (Å²) >= 11 is 0. The summed E-state index contributed by atoms with van der Waals surface area (Å²) in [5.41, 5.74) is 0. The van der Waals surface area contributed by atoms with Crippen LogP contribution >= 0.6 is 0 Å². The smallest absolute Gasteiger partial charge is 0.550 e. The molecule has 0 unspecified atom stereocenters. The van der Waals surface area contributed by atoms with Gasteiger partial charge in [-0.1, -0.05) is 194 Å². The summed E-state index contributed by atoms with van der Waals surface area (Å²) in [5.74, 6) is -1.81. The Bertz CT molecular complexity index is 454. The number of aliphatic carboxylic acids is 2. The van der Waals surface area contributed by atoms with E-state index in [0.29, 0.717) is 0 Å². The molecule has 0 bridgehead atoms. The number of rotatable bonds is 32. The summed E-state index contributed by atoms with van der Waals surface area (Å²) in [6, 6.07) is 0. The van der Waals surface area contributed by atoms with Crippen LogP contribution in [0.2, 0.25) is 0 Å². The normalized spacial score (nSPS) is 10.6. The van der Waals surface area contributed by atoms with Crippen LogP contribution in [-0.2, 0) is 9.59 Å². The standard InChI is InChI=1S/2C18H36O2.Yb/c2*1-2-3-4-5-6-7-8-9-10-11-12-13-14-15-16-17-18(19)20;/h2*2-17H2,1H3,(H,19,20);/q;;+2/p-2. The Balaban J connectivity index is -0.000000688. The Hall–Kier alpha value is 0.459. The predicted molar refractivity (Wildman–Crippen MR) is 169 cm³/mol. The van der Waals surface area contributed by atoms with Crippen LogP contribution in [0.5, 0.6) is 0 Å². The molecule has 0 spiro atoms. The molecule has 0 saturated heterocycles. The Morgan fingerprint density at radius 1 is 0.317 bits per heavy atom. The van der Waals surface area contributed by atoms with Crippen LogP contribution in [-0.4, -0.2) is 11.9 Å². The molecule has 0 radical (unpaired) electrons. The molecule has 0 saturated carbocycles. The van der Waals surface area contributed by atoms with Gasteiger partial charge < -0.3 is 19.8 Å². The average Bonchev–Trinajstić information content (AvgIpc) is 2.93. The van der Waals surface area contributed by atoms with Gasteiger partial charge in [0.05, 0.1) is 0 Å². The topological polar surface area (TPSA) is 80.3 Å². The van der Waals surface area contributed by atoms with Gasteiger partial charge in [0.1, 0.15) is 0 Å². The summed E-state index contributed by atoms with van der Waals surface area (Å²) in [6.45, 7) is 4.53. The minimum atomic E-state index is -0.903. The van der Waals surface area contributed by atoms with Crippen molar-refractivity contribution in [3.8, 4) is 0 Å². The van der Waals surface area contributed by atoms with Crippen molar-refractivity contribution in [1.29, 1.82) is 0 Å².